The number of hydrogen-bond acceptors (Lipinski definition) is 3. The molecule has 2 unspecified atom stereocenters. The van der Waals surface area contributed by atoms with Crippen LogP contribution in [0.1, 0.15) is 45.4 Å². The van der Waals surface area contributed by atoms with Crippen molar-refractivity contribution in [2.75, 3.05) is 13.2 Å². The molecule has 0 saturated heterocycles. The summed E-state index contributed by atoms with van der Waals surface area (Å²) in [6.45, 7) is 3.20. The lowest BCUT2D eigenvalue weighted by Gasteiger charge is -2.27. The van der Waals surface area contributed by atoms with E-state index in [0.29, 0.717) is 26.1 Å². The first kappa shape index (κ1) is 15.0. The van der Waals surface area contributed by atoms with Gasteiger partial charge in [-0.2, -0.15) is 0 Å². The Hall–Kier alpha value is -1.10. The summed E-state index contributed by atoms with van der Waals surface area (Å²) in [5.41, 5.74) is 0. The van der Waals surface area contributed by atoms with Crippen molar-refractivity contribution in [2.24, 2.45) is 5.92 Å². The third kappa shape index (κ3) is 5.49. The monoisotopic (exact) mass is 257 g/mol. The van der Waals surface area contributed by atoms with Crippen molar-refractivity contribution in [1.82, 2.24) is 5.32 Å². The first-order chi connectivity index (χ1) is 8.63. The highest BCUT2D eigenvalue weighted by Gasteiger charge is 2.27. The van der Waals surface area contributed by atoms with E-state index in [1.807, 2.05) is 6.92 Å². The zero-order valence-electron chi connectivity index (χ0n) is 11.0. The standard InChI is InChI=1S/C13H23NO4/c1-2-18-8-4-7-12(15)14-11-6-3-5-10(9-11)13(16)17/h10-11H,2-9H2,1H3,(H,14,15)(H,16,17). The third-order valence-electron chi connectivity index (χ3n) is 3.29. The van der Waals surface area contributed by atoms with E-state index in [-0.39, 0.29) is 17.9 Å². The SMILES string of the molecule is CCOCCCC(=O)NC1CCCC(C(=O)O)C1. The van der Waals surface area contributed by atoms with E-state index >= 15 is 0 Å². The zero-order valence-corrected chi connectivity index (χ0v) is 11.0. The molecule has 0 aromatic heterocycles. The van der Waals surface area contributed by atoms with Gasteiger partial charge in [-0.05, 0) is 32.6 Å². The van der Waals surface area contributed by atoms with E-state index in [0.717, 1.165) is 25.7 Å². The Balaban J connectivity index is 2.20. The lowest BCUT2D eigenvalue weighted by atomic mass is 9.86. The van der Waals surface area contributed by atoms with Crippen LogP contribution in [0.25, 0.3) is 0 Å². The topological polar surface area (TPSA) is 75.6 Å². The molecule has 18 heavy (non-hydrogen) atoms. The first-order valence-electron chi connectivity index (χ1n) is 6.73. The predicted molar refractivity (Wildman–Crippen MR) is 67.3 cm³/mol. The molecule has 1 saturated carbocycles. The number of rotatable bonds is 7. The maximum Gasteiger partial charge on any atom is 0.306 e. The fourth-order valence-corrected chi connectivity index (χ4v) is 2.32. The Labute approximate surface area is 108 Å². The van der Waals surface area contributed by atoms with Gasteiger partial charge in [0.15, 0.2) is 0 Å². The smallest absolute Gasteiger partial charge is 0.306 e. The minimum absolute atomic E-state index is 0.00532. The number of carboxylic acid groups (broad SMARTS) is 1. The molecule has 0 aromatic carbocycles. The Kier molecular flexibility index (Phi) is 6.72. The van der Waals surface area contributed by atoms with Gasteiger partial charge in [0.05, 0.1) is 5.92 Å². The summed E-state index contributed by atoms with van der Waals surface area (Å²) in [6.07, 6.45) is 4.23. The second-order valence-electron chi connectivity index (χ2n) is 4.77. The van der Waals surface area contributed by atoms with Crippen LogP contribution in [0.15, 0.2) is 0 Å². The summed E-state index contributed by atoms with van der Waals surface area (Å²) in [4.78, 5) is 22.5. The van der Waals surface area contributed by atoms with Crippen LogP contribution >= 0.6 is 0 Å². The predicted octanol–water partition coefficient (Wildman–Crippen LogP) is 1.56. The number of carboxylic acids is 1. The number of aliphatic carboxylic acids is 1. The molecular weight excluding hydrogens is 234 g/mol. The highest BCUT2D eigenvalue weighted by molar-refractivity contribution is 5.76. The lowest BCUT2D eigenvalue weighted by molar-refractivity contribution is -0.143. The van der Waals surface area contributed by atoms with Gasteiger partial charge in [0.25, 0.3) is 0 Å². The van der Waals surface area contributed by atoms with Crippen LogP contribution in [0.5, 0.6) is 0 Å². The van der Waals surface area contributed by atoms with E-state index in [1.165, 1.54) is 0 Å². The number of amides is 1. The fraction of sp³-hybridized carbons (Fsp3) is 0.846. The highest BCUT2D eigenvalue weighted by Crippen LogP contribution is 2.24. The molecule has 0 aliphatic heterocycles. The van der Waals surface area contributed by atoms with Gasteiger partial charge in [-0.1, -0.05) is 6.42 Å². The first-order valence-corrected chi connectivity index (χ1v) is 6.73. The number of nitrogens with one attached hydrogen (secondary N) is 1. The van der Waals surface area contributed by atoms with Crippen molar-refractivity contribution in [3.63, 3.8) is 0 Å². The van der Waals surface area contributed by atoms with E-state index in [4.69, 9.17) is 9.84 Å². The van der Waals surface area contributed by atoms with Crippen molar-refractivity contribution >= 4 is 11.9 Å². The largest absolute Gasteiger partial charge is 0.481 e. The fourth-order valence-electron chi connectivity index (χ4n) is 2.32. The van der Waals surface area contributed by atoms with Gasteiger partial charge in [0.2, 0.25) is 5.91 Å². The molecule has 1 amide bonds. The maximum atomic E-state index is 11.6. The number of hydrogen-bond donors (Lipinski definition) is 2. The average Bonchev–Trinajstić information content (AvgIpc) is 2.35. The van der Waals surface area contributed by atoms with Crippen molar-refractivity contribution in [1.29, 1.82) is 0 Å². The molecule has 0 heterocycles. The Morgan fingerprint density at radius 1 is 1.39 bits per heavy atom. The van der Waals surface area contributed by atoms with Crippen LogP contribution in [-0.2, 0) is 14.3 Å². The molecule has 0 aromatic rings. The van der Waals surface area contributed by atoms with Gasteiger partial charge in [-0.3, -0.25) is 9.59 Å². The van der Waals surface area contributed by atoms with Crippen LogP contribution in [0.4, 0.5) is 0 Å². The molecule has 0 radical (unpaired) electrons. The minimum Gasteiger partial charge on any atom is -0.481 e. The molecule has 0 bridgehead atoms. The third-order valence-corrected chi connectivity index (χ3v) is 3.29. The molecule has 5 heteroatoms. The van der Waals surface area contributed by atoms with Crippen molar-refractivity contribution in [3.05, 3.63) is 0 Å². The van der Waals surface area contributed by atoms with Gasteiger partial charge >= 0.3 is 5.97 Å². The van der Waals surface area contributed by atoms with Gasteiger partial charge in [-0.15, -0.1) is 0 Å². The quantitative estimate of drug-likeness (QED) is 0.679. The zero-order chi connectivity index (χ0) is 13.4. The molecule has 2 N–H and O–H groups in total. The second kappa shape index (κ2) is 8.08. The molecule has 2 atom stereocenters. The molecule has 104 valence electrons. The summed E-state index contributed by atoms with van der Waals surface area (Å²) in [6, 6.07) is 0.0273. The molecule has 0 spiro atoms. The second-order valence-corrected chi connectivity index (χ2v) is 4.77. The molecule has 1 aliphatic rings. The molecule has 1 aliphatic carbocycles. The van der Waals surface area contributed by atoms with Crippen LogP contribution < -0.4 is 5.32 Å². The van der Waals surface area contributed by atoms with Crippen LogP contribution in [0, 0.1) is 5.92 Å². The van der Waals surface area contributed by atoms with Gasteiger partial charge in [0, 0.05) is 25.7 Å². The molecule has 5 nitrogen and oxygen atoms in total. The summed E-state index contributed by atoms with van der Waals surface area (Å²) < 4.78 is 5.16. The van der Waals surface area contributed by atoms with Gasteiger partial charge < -0.3 is 15.2 Å². The van der Waals surface area contributed by atoms with Crippen molar-refractivity contribution in [2.45, 2.75) is 51.5 Å². The Morgan fingerprint density at radius 3 is 2.83 bits per heavy atom. The Morgan fingerprint density at radius 2 is 2.17 bits per heavy atom. The van der Waals surface area contributed by atoms with E-state index < -0.39 is 5.97 Å². The summed E-state index contributed by atoms with van der Waals surface area (Å²) >= 11 is 0. The molecule has 1 fully saturated rings. The van der Waals surface area contributed by atoms with Gasteiger partial charge in [-0.25, -0.2) is 0 Å². The van der Waals surface area contributed by atoms with Crippen molar-refractivity contribution < 1.29 is 19.4 Å². The summed E-state index contributed by atoms with van der Waals surface area (Å²) in [7, 11) is 0. The normalized spacial score (nSPS) is 23.6. The minimum atomic E-state index is -0.745. The number of carbonyl (C=O) groups excluding carboxylic acids is 1. The van der Waals surface area contributed by atoms with Gasteiger partial charge in [0.1, 0.15) is 0 Å². The highest BCUT2D eigenvalue weighted by atomic mass is 16.5. The Bertz CT molecular complexity index is 280. The molecular formula is C13H23NO4. The summed E-state index contributed by atoms with van der Waals surface area (Å²) in [5, 5.41) is 11.9. The van der Waals surface area contributed by atoms with E-state index in [1.54, 1.807) is 0 Å². The maximum absolute atomic E-state index is 11.6. The molecule has 1 rings (SSSR count). The summed E-state index contributed by atoms with van der Waals surface area (Å²) in [5.74, 6) is -1.04. The lowest BCUT2D eigenvalue weighted by Crippen LogP contribution is -2.39. The van der Waals surface area contributed by atoms with E-state index in [2.05, 4.69) is 5.32 Å². The van der Waals surface area contributed by atoms with Crippen LogP contribution in [-0.4, -0.2) is 36.2 Å². The van der Waals surface area contributed by atoms with Crippen LogP contribution in [0.2, 0.25) is 0 Å². The van der Waals surface area contributed by atoms with E-state index in [9.17, 15) is 9.59 Å². The van der Waals surface area contributed by atoms with Crippen molar-refractivity contribution in [3.8, 4) is 0 Å². The van der Waals surface area contributed by atoms with Crippen LogP contribution in [0.3, 0.4) is 0 Å². The average molecular weight is 257 g/mol. The number of carbonyl (C=O) groups is 2. The number of ether oxygens (including phenoxy) is 1.